The molecule has 0 bridgehead atoms. The van der Waals surface area contributed by atoms with E-state index < -0.39 is 0 Å². The molecule has 0 heterocycles. The van der Waals surface area contributed by atoms with Gasteiger partial charge in [-0.3, -0.25) is 4.79 Å². The number of hydrogen-bond acceptors (Lipinski definition) is 2. The summed E-state index contributed by atoms with van der Waals surface area (Å²) in [6, 6.07) is 0. The highest BCUT2D eigenvalue weighted by Crippen LogP contribution is 2.26. The van der Waals surface area contributed by atoms with Crippen molar-refractivity contribution in [3.05, 3.63) is 0 Å². The van der Waals surface area contributed by atoms with Crippen LogP contribution in [0.15, 0.2) is 0 Å². The Morgan fingerprint density at radius 1 is 1.40 bits per heavy atom. The van der Waals surface area contributed by atoms with Crippen LogP contribution in [0.2, 0.25) is 0 Å². The summed E-state index contributed by atoms with van der Waals surface area (Å²) in [7, 11) is 1.67. The third-order valence-electron chi connectivity index (χ3n) is 2.94. The normalized spacial score (nSPS) is 16.9. The van der Waals surface area contributed by atoms with Crippen molar-refractivity contribution in [2.45, 2.75) is 25.7 Å². The maximum atomic E-state index is 12.1. The van der Waals surface area contributed by atoms with Gasteiger partial charge in [0.15, 0.2) is 0 Å². The van der Waals surface area contributed by atoms with Gasteiger partial charge in [0.05, 0.1) is 6.61 Å². The van der Waals surface area contributed by atoms with Crippen molar-refractivity contribution in [1.29, 1.82) is 0 Å². The summed E-state index contributed by atoms with van der Waals surface area (Å²) < 4.78 is 5.02. The van der Waals surface area contributed by atoms with E-state index in [0.717, 1.165) is 31.3 Å². The fourth-order valence-corrected chi connectivity index (χ4v) is 2.49. The van der Waals surface area contributed by atoms with Crippen LogP contribution in [0.3, 0.4) is 0 Å². The first-order chi connectivity index (χ1) is 7.29. The molecule has 0 N–H and O–H groups in total. The van der Waals surface area contributed by atoms with E-state index in [9.17, 15) is 4.79 Å². The molecule has 0 atom stereocenters. The molecule has 1 saturated carbocycles. The van der Waals surface area contributed by atoms with Gasteiger partial charge in [0.25, 0.3) is 0 Å². The van der Waals surface area contributed by atoms with Crippen molar-refractivity contribution in [1.82, 2.24) is 4.90 Å². The summed E-state index contributed by atoms with van der Waals surface area (Å²) in [6.45, 7) is 2.14. The first kappa shape index (κ1) is 13.0. The molecular formula is C11H20BrNO2. The highest BCUT2D eigenvalue weighted by atomic mass is 79.9. The molecule has 1 aliphatic carbocycles. The van der Waals surface area contributed by atoms with Crippen LogP contribution in [0.4, 0.5) is 0 Å². The quantitative estimate of drug-likeness (QED) is 0.696. The van der Waals surface area contributed by atoms with Gasteiger partial charge in [0, 0.05) is 31.4 Å². The lowest BCUT2D eigenvalue weighted by molar-refractivity contribution is -0.135. The Balaban J connectivity index is 2.41. The standard InChI is InChI=1S/C11H20BrNO2/c1-15-9-8-13(7-6-12)11(14)10-4-2-3-5-10/h10H,2-9H2,1H3. The van der Waals surface area contributed by atoms with Gasteiger partial charge in [-0.2, -0.15) is 0 Å². The summed E-state index contributed by atoms with van der Waals surface area (Å²) >= 11 is 3.38. The topological polar surface area (TPSA) is 29.5 Å². The molecule has 1 amide bonds. The number of hydrogen-bond donors (Lipinski definition) is 0. The van der Waals surface area contributed by atoms with Crippen molar-refractivity contribution >= 4 is 21.8 Å². The lowest BCUT2D eigenvalue weighted by atomic mass is 10.1. The van der Waals surface area contributed by atoms with Crippen molar-refractivity contribution in [3.8, 4) is 0 Å². The van der Waals surface area contributed by atoms with Gasteiger partial charge in [-0.15, -0.1) is 0 Å². The number of rotatable bonds is 6. The molecule has 0 spiro atoms. The van der Waals surface area contributed by atoms with Crippen molar-refractivity contribution < 1.29 is 9.53 Å². The largest absolute Gasteiger partial charge is 0.383 e. The SMILES string of the molecule is COCCN(CCBr)C(=O)C1CCCC1. The Morgan fingerprint density at radius 2 is 2.07 bits per heavy atom. The number of alkyl halides is 1. The van der Waals surface area contributed by atoms with E-state index in [1.165, 1.54) is 12.8 Å². The molecule has 1 aliphatic rings. The van der Waals surface area contributed by atoms with Crippen molar-refractivity contribution in [2.75, 3.05) is 32.1 Å². The van der Waals surface area contributed by atoms with E-state index in [1.54, 1.807) is 7.11 Å². The molecule has 0 aromatic carbocycles. The van der Waals surface area contributed by atoms with Gasteiger partial charge in [-0.1, -0.05) is 28.8 Å². The van der Waals surface area contributed by atoms with Crippen molar-refractivity contribution in [2.24, 2.45) is 5.92 Å². The summed E-state index contributed by atoms with van der Waals surface area (Å²) in [5, 5.41) is 0.842. The number of halogens is 1. The smallest absolute Gasteiger partial charge is 0.225 e. The minimum atomic E-state index is 0.279. The van der Waals surface area contributed by atoms with Crippen LogP contribution in [0, 0.1) is 5.92 Å². The van der Waals surface area contributed by atoms with Crippen LogP contribution in [0.1, 0.15) is 25.7 Å². The molecule has 0 radical (unpaired) electrons. The fraction of sp³-hybridized carbons (Fsp3) is 0.909. The minimum absolute atomic E-state index is 0.279. The number of carbonyl (C=O) groups is 1. The van der Waals surface area contributed by atoms with Gasteiger partial charge >= 0.3 is 0 Å². The zero-order valence-electron chi connectivity index (χ0n) is 9.38. The first-order valence-corrected chi connectivity index (χ1v) is 6.75. The van der Waals surface area contributed by atoms with E-state index in [4.69, 9.17) is 4.74 Å². The number of ether oxygens (including phenoxy) is 1. The average Bonchev–Trinajstić information content (AvgIpc) is 2.76. The van der Waals surface area contributed by atoms with E-state index in [2.05, 4.69) is 15.9 Å². The highest BCUT2D eigenvalue weighted by molar-refractivity contribution is 9.09. The molecule has 0 aromatic heterocycles. The molecule has 1 fully saturated rings. The predicted molar refractivity (Wildman–Crippen MR) is 64.2 cm³/mol. The fourth-order valence-electron chi connectivity index (χ4n) is 2.07. The molecule has 0 aromatic rings. The molecular weight excluding hydrogens is 258 g/mol. The summed E-state index contributed by atoms with van der Waals surface area (Å²) in [6.07, 6.45) is 4.57. The Bertz CT molecular complexity index is 193. The number of methoxy groups -OCH3 is 1. The van der Waals surface area contributed by atoms with Gasteiger partial charge < -0.3 is 9.64 Å². The average molecular weight is 278 g/mol. The lowest BCUT2D eigenvalue weighted by Gasteiger charge is -2.24. The Labute approximate surface area is 100 Å². The molecule has 3 nitrogen and oxygen atoms in total. The molecule has 88 valence electrons. The Morgan fingerprint density at radius 3 is 2.60 bits per heavy atom. The minimum Gasteiger partial charge on any atom is -0.383 e. The van der Waals surface area contributed by atoms with Gasteiger partial charge in [0.1, 0.15) is 0 Å². The zero-order chi connectivity index (χ0) is 11.1. The maximum absolute atomic E-state index is 12.1. The van der Waals surface area contributed by atoms with Gasteiger partial charge in [-0.25, -0.2) is 0 Å². The van der Waals surface area contributed by atoms with Gasteiger partial charge in [0.2, 0.25) is 5.91 Å². The first-order valence-electron chi connectivity index (χ1n) is 5.63. The second-order valence-electron chi connectivity index (χ2n) is 3.99. The number of carbonyl (C=O) groups excluding carboxylic acids is 1. The van der Waals surface area contributed by atoms with Crippen LogP contribution in [-0.4, -0.2) is 42.9 Å². The van der Waals surface area contributed by atoms with Crippen LogP contribution in [0.5, 0.6) is 0 Å². The number of nitrogens with zero attached hydrogens (tertiary/aromatic N) is 1. The molecule has 15 heavy (non-hydrogen) atoms. The highest BCUT2D eigenvalue weighted by Gasteiger charge is 2.26. The second kappa shape index (κ2) is 7.23. The van der Waals surface area contributed by atoms with Crippen LogP contribution >= 0.6 is 15.9 Å². The summed E-state index contributed by atoms with van der Waals surface area (Å²) in [5.41, 5.74) is 0. The van der Waals surface area contributed by atoms with Crippen molar-refractivity contribution in [3.63, 3.8) is 0 Å². The van der Waals surface area contributed by atoms with E-state index in [-0.39, 0.29) is 5.92 Å². The van der Waals surface area contributed by atoms with E-state index in [1.807, 2.05) is 4.90 Å². The molecule has 0 aliphatic heterocycles. The molecule has 0 unspecified atom stereocenters. The predicted octanol–water partition coefficient (Wildman–Crippen LogP) is 2.05. The maximum Gasteiger partial charge on any atom is 0.225 e. The van der Waals surface area contributed by atoms with Crippen LogP contribution in [0.25, 0.3) is 0 Å². The second-order valence-corrected chi connectivity index (χ2v) is 4.78. The monoisotopic (exact) mass is 277 g/mol. The van der Waals surface area contributed by atoms with E-state index >= 15 is 0 Å². The molecule has 1 rings (SSSR count). The molecule has 0 saturated heterocycles. The lowest BCUT2D eigenvalue weighted by Crippen LogP contribution is -2.38. The Hall–Kier alpha value is -0.0900. The van der Waals surface area contributed by atoms with E-state index in [0.29, 0.717) is 12.5 Å². The Kier molecular flexibility index (Phi) is 6.25. The van der Waals surface area contributed by atoms with Gasteiger partial charge in [-0.05, 0) is 12.8 Å². The van der Waals surface area contributed by atoms with Crippen LogP contribution in [-0.2, 0) is 9.53 Å². The summed E-state index contributed by atoms with van der Waals surface area (Å²) in [4.78, 5) is 14.0. The summed E-state index contributed by atoms with van der Waals surface area (Å²) in [5.74, 6) is 0.602. The number of amides is 1. The van der Waals surface area contributed by atoms with Crippen LogP contribution < -0.4 is 0 Å². The zero-order valence-corrected chi connectivity index (χ0v) is 11.0. The molecule has 4 heteroatoms. The third kappa shape index (κ3) is 4.11. The third-order valence-corrected chi connectivity index (χ3v) is 3.29.